The third-order valence-corrected chi connectivity index (χ3v) is 1.12. The lowest BCUT2D eigenvalue weighted by Gasteiger charge is -2.00. The summed E-state index contributed by atoms with van der Waals surface area (Å²) >= 11 is 0. The van der Waals surface area contributed by atoms with Gasteiger partial charge < -0.3 is 5.11 Å². The Kier molecular flexibility index (Phi) is 5.23. The first-order valence-electron chi connectivity index (χ1n) is 3.19. The SMILES string of the molecule is C=C/C=C/CC(C)CO. The number of hydrogen-bond donors (Lipinski definition) is 1. The Bertz CT molecular complexity index is 94.7. The Labute approximate surface area is 56.7 Å². The summed E-state index contributed by atoms with van der Waals surface area (Å²) in [4.78, 5) is 0. The van der Waals surface area contributed by atoms with Crippen LogP contribution in [-0.2, 0) is 0 Å². The zero-order valence-corrected chi connectivity index (χ0v) is 5.88. The van der Waals surface area contributed by atoms with Gasteiger partial charge in [0.15, 0.2) is 0 Å². The van der Waals surface area contributed by atoms with Crippen LogP contribution >= 0.6 is 0 Å². The molecule has 0 aromatic carbocycles. The number of allylic oxidation sites excluding steroid dienone is 3. The van der Waals surface area contributed by atoms with Crippen LogP contribution in [0.2, 0.25) is 0 Å². The molecule has 1 nitrogen and oxygen atoms in total. The normalized spacial score (nSPS) is 14.0. The molecule has 0 aliphatic carbocycles. The third kappa shape index (κ3) is 5.31. The summed E-state index contributed by atoms with van der Waals surface area (Å²) in [6, 6.07) is 0. The molecule has 0 fully saturated rings. The molecular formula is C8H14O. The van der Waals surface area contributed by atoms with Gasteiger partial charge in [0.25, 0.3) is 0 Å². The van der Waals surface area contributed by atoms with E-state index in [9.17, 15) is 0 Å². The molecule has 1 atom stereocenters. The standard InChI is InChI=1S/C8H14O/c1-3-4-5-6-8(2)7-9/h3-5,8-9H,1,6-7H2,2H3/b5-4+. The van der Waals surface area contributed by atoms with Crippen molar-refractivity contribution in [2.75, 3.05) is 6.61 Å². The molecule has 0 aromatic heterocycles. The maximum absolute atomic E-state index is 8.57. The van der Waals surface area contributed by atoms with E-state index in [0.717, 1.165) is 6.42 Å². The highest BCUT2D eigenvalue weighted by Gasteiger charge is 1.93. The van der Waals surface area contributed by atoms with E-state index in [1.807, 2.05) is 19.1 Å². The van der Waals surface area contributed by atoms with Gasteiger partial charge >= 0.3 is 0 Å². The molecule has 0 saturated carbocycles. The second kappa shape index (κ2) is 5.57. The van der Waals surface area contributed by atoms with Crippen LogP contribution in [0.15, 0.2) is 24.8 Å². The maximum Gasteiger partial charge on any atom is 0.0459 e. The topological polar surface area (TPSA) is 20.2 Å². The number of aliphatic hydroxyl groups excluding tert-OH is 1. The predicted octanol–water partition coefficient (Wildman–Crippen LogP) is 1.75. The van der Waals surface area contributed by atoms with Crippen molar-refractivity contribution in [3.8, 4) is 0 Å². The molecule has 0 aromatic rings. The van der Waals surface area contributed by atoms with Crippen molar-refractivity contribution in [1.82, 2.24) is 0 Å². The summed E-state index contributed by atoms with van der Waals surface area (Å²) in [7, 11) is 0. The van der Waals surface area contributed by atoms with E-state index in [2.05, 4.69) is 6.58 Å². The Balaban J connectivity index is 3.25. The summed E-state index contributed by atoms with van der Waals surface area (Å²) in [5.41, 5.74) is 0. The van der Waals surface area contributed by atoms with Crippen LogP contribution < -0.4 is 0 Å². The molecule has 1 unspecified atom stereocenters. The van der Waals surface area contributed by atoms with Crippen LogP contribution in [0.5, 0.6) is 0 Å². The quantitative estimate of drug-likeness (QED) is 0.569. The summed E-state index contributed by atoms with van der Waals surface area (Å²) < 4.78 is 0. The Morgan fingerprint density at radius 3 is 2.78 bits per heavy atom. The molecule has 0 bridgehead atoms. The molecule has 0 spiro atoms. The average molecular weight is 126 g/mol. The molecule has 9 heavy (non-hydrogen) atoms. The van der Waals surface area contributed by atoms with Gasteiger partial charge in [-0.2, -0.15) is 0 Å². The van der Waals surface area contributed by atoms with Crippen molar-refractivity contribution >= 4 is 0 Å². The fourth-order valence-corrected chi connectivity index (χ4v) is 0.482. The molecule has 0 radical (unpaired) electrons. The fourth-order valence-electron chi connectivity index (χ4n) is 0.482. The van der Waals surface area contributed by atoms with E-state index in [0.29, 0.717) is 5.92 Å². The number of aliphatic hydroxyl groups is 1. The van der Waals surface area contributed by atoms with Gasteiger partial charge in [-0.25, -0.2) is 0 Å². The lowest BCUT2D eigenvalue weighted by Crippen LogP contribution is -1.97. The molecule has 0 rings (SSSR count). The van der Waals surface area contributed by atoms with Gasteiger partial charge in [0.1, 0.15) is 0 Å². The molecule has 1 N–H and O–H groups in total. The molecule has 0 aliphatic heterocycles. The van der Waals surface area contributed by atoms with Crippen molar-refractivity contribution in [2.24, 2.45) is 5.92 Å². The van der Waals surface area contributed by atoms with Crippen LogP contribution in [-0.4, -0.2) is 11.7 Å². The zero-order valence-electron chi connectivity index (χ0n) is 5.88. The predicted molar refractivity (Wildman–Crippen MR) is 40.2 cm³/mol. The van der Waals surface area contributed by atoms with E-state index in [1.54, 1.807) is 6.08 Å². The van der Waals surface area contributed by atoms with Crippen molar-refractivity contribution in [2.45, 2.75) is 13.3 Å². The third-order valence-electron chi connectivity index (χ3n) is 1.12. The van der Waals surface area contributed by atoms with Crippen molar-refractivity contribution in [3.63, 3.8) is 0 Å². The van der Waals surface area contributed by atoms with Gasteiger partial charge in [0.05, 0.1) is 0 Å². The fraction of sp³-hybridized carbons (Fsp3) is 0.500. The molecule has 0 saturated heterocycles. The van der Waals surface area contributed by atoms with E-state index < -0.39 is 0 Å². The Morgan fingerprint density at radius 2 is 2.33 bits per heavy atom. The number of rotatable bonds is 4. The van der Waals surface area contributed by atoms with Crippen LogP contribution in [0.1, 0.15) is 13.3 Å². The van der Waals surface area contributed by atoms with Gasteiger partial charge in [-0.05, 0) is 12.3 Å². The first-order valence-corrected chi connectivity index (χ1v) is 3.19. The lowest BCUT2D eigenvalue weighted by molar-refractivity contribution is 0.239. The first-order chi connectivity index (χ1) is 4.31. The summed E-state index contributed by atoms with van der Waals surface area (Å²) in [6.45, 7) is 5.81. The van der Waals surface area contributed by atoms with Gasteiger partial charge in [-0.1, -0.05) is 31.7 Å². The average Bonchev–Trinajstić information content (AvgIpc) is 1.89. The Hall–Kier alpha value is -0.560. The Morgan fingerprint density at radius 1 is 1.67 bits per heavy atom. The minimum atomic E-state index is 0.265. The summed E-state index contributed by atoms with van der Waals surface area (Å²) in [6.07, 6.45) is 6.58. The first kappa shape index (κ1) is 8.44. The van der Waals surface area contributed by atoms with E-state index >= 15 is 0 Å². The molecule has 1 heteroatoms. The van der Waals surface area contributed by atoms with E-state index in [4.69, 9.17) is 5.11 Å². The second-order valence-corrected chi connectivity index (χ2v) is 2.19. The molecule has 0 amide bonds. The van der Waals surface area contributed by atoms with Crippen molar-refractivity contribution < 1.29 is 5.11 Å². The molecule has 52 valence electrons. The molecular weight excluding hydrogens is 112 g/mol. The second-order valence-electron chi connectivity index (χ2n) is 2.19. The van der Waals surface area contributed by atoms with E-state index in [-0.39, 0.29) is 6.61 Å². The highest BCUT2D eigenvalue weighted by atomic mass is 16.3. The van der Waals surface area contributed by atoms with E-state index in [1.165, 1.54) is 0 Å². The van der Waals surface area contributed by atoms with Crippen LogP contribution in [0.4, 0.5) is 0 Å². The van der Waals surface area contributed by atoms with Gasteiger partial charge in [0.2, 0.25) is 0 Å². The molecule has 0 aliphatic rings. The van der Waals surface area contributed by atoms with Crippen LogP contribution in [0, 0.1) is 5.92 Å². The van der Waals surface area contributed by atoms with Gasteiger partial charge in [-0.3, -0.25) is 0 Å². The van der Waals surface area contributed by atoms with Gasteiger partial charge in [0, 0.05) is 6.61 Å². The largest absolute Gasteiger partial charge is 0.396 e. The monoisotopic (exact) mass is 126 g/mol. The highest BCUT2D eigenvalue weighted by molar-refractivity contribution is 4.97. The molecule has 0 heterocycles. The minimum absolute atomic E-state index is 0.265. The lowest BCUT2D eigenvalue weighted by atomic mass is 10.1. The summed E-state index contributed by atoms with van der Waals surface area (Å²) in [5, 5.41) is 8.57. The van der Waals surface area contributed by atoms with Crippen molar-refractivity contribution in [1.29, 1.82) is 0 Å². The summed E-state index contributed by atoms with van der Waals surface area (Å²) in [5.74, 6) is 0.376. The number of hydrogen-bond acceptors (Lipinski definition) is 1. The maximum atomic E-state index is 8.57. The van der Waals surface area contributed by atoms with Crippen LogP contribution in [0.3, 0.4) is 0 Å². The minimum Gasteiger partial charge on any atom is -0.396 e. The van der Waals surface area contributed by atoms with Gasteiger partial charge in [-0.15, -0.1) is 0 Å². The van der Waals surface area contributed by atoms with Crippen molar-refractivity contribution in [3.05, 3.63) is 24.8 Å². The smallest absolute Gasteiger partial charge is 0.0459 e. The zero-order chi connectivity index (χ0) is 7.11. The van der Waals surface area contributed by atoms with Crippen LogP contribution in [0.25, 0.3) is 0 Å². The highest BCUT2D eigenvalue weighted by Crippen LogP contribution is 1.99.